The van der Waals surface area contributed by atoms with Crippen molar-refractivity contribution in [3.8, 4) is 22.8 Å². The maximum absolute atomic E-state index is 12.1. The zero-order chi connectivity index (χ0) is 16.6. The Labute approximate surface area is 132 Å². The predicted molar refractivity (Wildman–Crippen MR) is 80.7 cm³/mol. The van der Waals surface area contributed by atoms with Gasteiger partial charge in [0.05, 0.1) is 5.75 Å². The van der Waals surface area contributed by atoms with E-state index in [9.17, 15) is 18.3 Å². The van der Waals surface area contributed by atoms with Crippen LogP contribution < -0.4 is 9.04 Å². The number of carbonyl (C=O) groups is 1. The van der Waals surface area contributed by atoms with Crippen molar-refractivity contribution in [1.82, 2.24) is 4.98 Å². The average Bonchev–Trinajstić information content (AvgIpc) is 3.00. The second-order valence-corrected chi connectivity index (χ2v) is 7.00. The SMILES string of the molecule is CC(=O)Oc1c(N2CCCS2(=O)=O)oc(-c2ccncc2)c1O. The molecule has 1 fully saturated rings. The van der Waals surface area contributed by atoms with Crippen molar-refractivity contribution < 1.29 is 27.5 Å². The highest BCUT2D eigenvalue weighted by molar-refractivity contribution is 7.93. The number of hydrogen-bond donors (Lipinski definition) is 1. The number of pyridine rings is 1. The second kappa shape index (κ2) is 5.58. The van der Waals surface area contributed by atoms with Crippen molar-refractivity contribution in [2.75, 3.05) is 16.6 Å². The molecule has 0 spiro atoms. The number of aromatic hydroxyl groups is 1. The van der Waals surface area contributed by atoms with Crippen molar-refractivity contribution in [2.24, 2.45) is 0 Å². The Morgan fingerprint density at radius 2 is 2.09 bits per heavy atom. The summed E-state index contributed by atoms with van der Waals surface area (Å²) in [5, 5.41) is 10.3. The summed E-state index contributed by atoms with van der Waals surface area (Å²) in [6.45, 7) is 1.35. The number of sulfonamides is 1. The number of ether oxygens (including phenoxy) is 1. The molecule has 1 N–H and O–H groups in total. The van der Waals surface area contributed by atoms with Gasteiger partial charge in [-0.25, -0.2) is 12.7 Å². The third-order valence-electron chi connectivity index (χ3n) is 3.34. The molecule has 1 aliphatic heterocycles. The fraction of sp³-hybridized carbons (Fsp3) is 0.286. The van der Waals surface area contributed by atoms with Gasteiger partial charge in [-0.15, -0.1) is 0 Å². The van der Waals surface area contributed by atoms with Crippen LogP contribution in [0.2, 0.25) is 0 Å². The number of aromatic nitrogens is 1. The van der Waals surface area contributed by atoms with E-state index in [4.69, 9.17) is 9.15 Å². The van der Waals surface area contributed by atoms with Gasteiger partial charge in [0.2, 0.25) is 21.5 Å². The number of nitrogens with zero attached hydrogens (tertiary/aromatic N) is 2. The van der Waals surface area contributed by atoms with Crippen molar-refractivity contribution in [3.63, 3.8) is 0 Å². The van der Waals surface area contributed by atoms with Crippen LogP contribution in [-0.4, -0.2) is 36.8 Å². The van der Waals surface area contributed by atoms with Crippen molar-refractivity contribution in [2.45, 2.75) is 13.3 Å². The molecule has 8 nitrogen and oxygen atoms in total. The van der Waals surface area contributed by atoms with Crippen LogP contribution in [0.15, 0.2) is 28.9 Å². The molecule has 1 saturated heterocycles. The minimum atomic E-state index is -3.56. The van der Waals surface area contributed by atoms with Crippen LogP contribution in [0.25, 0.3) is 11.3 Å². The van der Waals surface area contributed by atoms with Crippen molar-refractivity contribution in [3.05, 3.63) is 24.5 Å². The topological polar surface area (TPSA) is 110 Å². The van der Waals surface area contributed by atoms with Gasteiger partial charge in [-0.05, 0) is 18.6 Å². The first kappa shape index (κ1) is 15.3. The first-order valence-electron chi connectivity index (χ1n) is 6.85. The molecule has 2 aromatic heterocycles. The Kier molecular flexibility index (Phi) is 3.72. The van der Waals surface area contributed by atoms with E-state index in [0.29, 0.717) is 12.0 Å². The fourth-order valence-electron chi connectivity index (χ4n) is 2.36. The van der Waals surface area contributed by atoms with Crippen molar-refractivity contribution in [1.29, 1.82) is 0 Å². The van der Waals surface area contributed by atoms with E-state index in [2.05, 4.69) is 4.98 Å². The molecular weight excluding hydrogens is 324 g/mol. The molecule has 1 aliphatic rings. The molecular formula is C14H14N2O6S. The molecule has 23 heavy (non-hydrogen) atoms. The van der Waals surface area contributed by atoms with Crippen LogP contribution in [0, 0.1) is 0 Å². The third kappa shape index (κ3) is 2.74. The van der Waals surface area contributed by atoms with E-state index in [1.165, 1.54) is 12.4 Å². The van der Waals surface area contributed by atoms with Gasteiger partial charge in [0.25, 0.3) is 5.88 Å². The maximum Gasteiger partial charge on any atom is 0.308 e. The number of hydrogen-bond acceptors (Lipinski definition) is 7. The predicted octanol–water partition coefficient (Wildman–Crippen LogP) is 1.51. The molecule has 0 atom stereocenters. The summed E-state index contributed by atoms with van der Waals surface area (Å²) in [5.74, 6) is -1.63. The largest absolute Gasteiger partial charge is 0.502 e. The summed E-state index contributed by atoms with van der Waals surface area (Å²) >= 11 is 0. The lowest BCUT2D eigenvalue weighted by atomic mass is 10.2. The summed E-state index contributed by atoms with van der Waals surface area (Å²) in [4.78, 5) is 15.2. The van der Waals surface area contributed by atoms with Crippen LogP contribution in [0.3, 0.4) is 0 Å². The number of anilines is 1. The van der Waals surface area contributed by atoms with E-state index >= 15 is 0 Å². The van der Waals surface area contributed by atoms with Crippen LogP contribution in [0.1, 0.15) is 13.3 Å². The Bertz CT molecular complexity index is 844. The van der Waals surface area contributed by atoms with Crippen LogP contribution >= 0.6 is 0 Å². The number of carbonyl (C=O) groups excluding carboxylic acids is 1. The van der Waals surface area contributed by atoms with Crippen molar-refractivity contribution >= 4 is 21.9 Å². The minimum Gasteiger partial charge on any atom is -0.502 e. The van der Waals surface area contributed by atoms with Gasteiger partial charge >= 0.3 is 5.97 Å². The van der Waals surface area contributed by atoms with Crippen LogP contribution in [0.4, 0.5) is 5.88 Å². The van der Waals surface area contributed by atoms with Crippen LogP contribution in [-0.2, 0) is 14.8 Å². The zero-order valence-corrected chi connectivity index (χ0v) is 13.0. The average molecular weight is 338 g/mol. The third-order valence-corrected chi connectivity index (χ3v) is 5.16. The molecule has 0 radical (unpaired) electrons. The lowest BCUT2D eigenvalue weighted by molar-refractivity contribution is -0.132. The summed E-state index contributed by atoms with van der Waals surface area (Å²) in [6.07, 6.45) is 3.41. The molecule has 0 aromatic carbocycles. The summed E-state index contributed by atoms with van der Waals surface area (Å²) in [5.41, 5.74) is 0.480. The highest BCUT2D eigenvalue weighted by Crippen LogP contribution is 2.49. The lowest BCUT2D eigenvalue weighted by Gasteiger charge is -2.14. The van der Waals surface area contributed by atoms with Gasteiger partial charge in [0, 0.05) is 31.4 Å². The first-order valence-corrected chi connectivity index (χ1v) is 8.46. The Morgan fingerprint density at radius 1 is 1.39 bits per heavy atom. The Morgan fingerprint density at radius 3 is 2.65 bits per heavy atom. The quantitative estimate of drug-likeness (QED) is 0.845. The van der Waals surface area contributed by atoms with E-state index in [-0.39, 0.29) is 29.7 Å². The molecule has 0 saturated carbocycles. The molecule has 0 amide bonds. The zero-order valence-electron chi connectivity index (χ0n) is 12.2. The Hall–Kier alpha value is -2.55. The maximum atomic E-state index is 12.1. The molecule has 2 aromatic rings. The second-order valence-electron chi connectivity index (χ2n) is 4.99. The van der Waals surface area contributed by atoms with E-state index in [1.807, 2.05) is 0 Å². The summed E-state index contributed by atoms with van der Waals surface area (Å²) in [7, 11) is -3.56. The van der Waals surface area contributed by atoms with Gasteiger partial charge < -0.3 is 14.3 Å². The molecule has 0 unspecified atom stereocenters. The van der Waals surface area contributed by atoms with E-state index < -0.39 is 21.7 Å². The minimum absolute atomic E-state index is 0.0146. The normalized spacial score (nSPS) is 16.5. The fourth-order valence-corrected chi connectivity index (χ4v) is 3.86. The summed E-state index contributed by atoms with van der Waals surface area (Å²) in [6, 6.07) is 3.16. The molecule has 122 valence electrons. The van der Waals surface area contributed by atoms with Crippen LogP contribution in [0.5, 0.6) is 11.5 Å². The lowest BCUT2D eigenvalue weighted by Crippen LogP contribution is -2.25. The molecule has 0 bridgehead atoms. The molecule has 3 heterocycles. The Balaban J connectivity index is 2.17. The molecule has 3 rings (SSSR count). The van der Waals surface area contributed by atoms with E-state index in [0.717, 1.165) is 11.2 Å². The molecule has 9 heteroatoms. The van der Waals surface area contributed by atoms with Gasteiger partial charge in [-0.2, -0.15) is 0 Å². The smallest absolute Gasteiger partial charge is 0.308 e. The first-order chi connectivity index (χ1) is 10.9. The van der Waals surface area contributed by atoms with E-state index in [1.54, 1.807) is 12.1 Å². The molecule has 0 aliphatic carbocycles. The van der Waals surface area contributed by atoms with Gasteiger partial charge in [0.15, 0.2) is 5.76 Å². The number of rotatable bonds is 3. The summed E-state index contributed by atoms with van der Waals surface area (Å²) < 4.78 is 35.7. The number of esters is 1. The monoisotopic (exact) mass is 338 g/mol. The van der Waals surface area contributed by atoms with Gasteiger partial charge in [-0.3, -0.25) is 9.78 Å². The highest BCUT2D eigenvalue weighted by Gasteiger charge is 2.37. The highest BCUT2D eigenvalue weighted by atomic mass is 32.2. The standard InChI is InChI=1S/C14H14N2O6S/c1-9(17)21-13-11(18)12(10-3-5-15-6-4-10)22-14(13)16-7-2-8-23(16,19)20/h3-6,18H,2,7-8H2,1H3. The number of furan rings is 1. The van der Waals surface area contributed by atoms with Gasteiger partial charge in [0.1, 0.15) is 0 Å². The van der Waals surface area contributed by atoms with Gasteiger partial charge in [-0.1, -0.05) is 0 Å².